The van der Waals surface area contributed by atoms with Gasteiger partial charge >= 0.3 is 5.69 Å². The predicted octanol–water partition coefficient (Wildman–Crippen LogP) is 2.75. The van der Waals surface area contributed by atoms with Gasteiger partial charge in [-0.1, -0.05) is 23.8 Å². The first-order valence-corrected chi connectivity index (χ1v) is 10.7. The Morgan fingerprint density at radius 1 is 1.12 bits per heavy atom. The van der Waals surface area contributed by atoms with E-state index >= 15 is 0 Å². The molecule has 10 heteroatoms. The van der Waals surface area contributed by atoms with E-state index in [1.807, 2.05) is 35.8 Å². The first kappa shape index (κ1) is 21.7. The second-order valence-electron chi connectivity index (χ2n) is 8.44. The molecule has 0 spiro atoms. The molecule has 2 aromatic carbocycles. The van der Waals surface area contributed by atoms with Gasteiger partial charge in [0, 0.05) is 38.3 Å². The zero-order chi connectivity index (χ0) is 24.3. The minimum absolute atomic E-state index is 0.177. The number of non-ortho nitro benzene ring substituents is 1. The Labute approximate surface area is 193 Å². The number of benzene rings is 2. The number of nitro groups is 1. The Kier molecular flexibility index (Phi) is 4.90. The number of phenolic OH excluding ortho intramolecular Hbond substituents is 1. The number of fused-ring (bicyclic) bond motifs is 3. The summed E-state index contributed by atoms with van der Waals surface area (Å²) < 4.78 is 10.4. The van der Waals surface area contributed by atoms with Gasteiger partial charge in [-0.15, -0.1) is 0 Å². The zero-order valence-corrected chi connectivity index (χ0v) is 18.8. The molecule has 1 aliphatic rings. The number of aromatic nitrogens is 3. The van der Waals surface area contributed by atoms with Gasteiger partial charge in [-0.3, -0.25) is 24.0 Å². The first-order chi connectivity index (χ1) is 16.2. The lowest BCUT2D eigenvalue weighted by molar-refractivity contribution is -0.385. The second kappa shape index (κ2) is 7.70. The third kappa shape index (κ3) is 3.06. The van der Waals surface area contributed by atoms with Gasteiger partial charge in [-0.25, -0.2) is 4.79 Å². The average Bonchev–Trinajstić information content (AvgIpc) is 3.17. The lowest BCUT2D eigenvalue weighted by atomic mass is 10.0. The maximum atomic E-state index is 13.4. The zero-order valence-electron chi connectivity index (χ0n) is 18.8. The fraction of sp³-hybridized carbons (Fsp3) is 0.250. The summed E-state index contributed by atoms with van der Waals surface area (Å²) in [6.07, 6.45) is -0.924. The lowest BCUT2D eigenvalue weighted by Crippen LogP contribution is -2.37. The summed E-state index contributed by atoms with van der Waals surface area (Å²) in [7, 11) is 3.01. The third-order valence-electron chi connectivity index (χ3n) is 6.35. The average molecular weight is 462 g/mol. The second-order valence-corrected chi connectivity index (χ2v) is 8.44. The first-order valence-electron chi connectivity index (χ1n) is 10.7. The standard InChI is InChI=1S/C24H22N4O6/c1-13-5-4-6-14(11-13)19-18-20(25(2)24(31)26(3)23(18)30)21-22(34-10-9-27(19)21)16-12-15(28(32)33)7-8-17(16)29/h4-8,11-12,22,29H,9-10H2,1-3H3/t22-/m1/s1. The maximum Gasteiger partial charge on any atom is 0.331 e. The number of hydrogen-bond acceptors (Lipinski definition) is 6. The van der Waals surface area contributed by atoms with Crippen molar-refractivity contribution in [3.05, 3.63) is 90.2 Å². The van der Waals surface area contributed by atoms with Gasteiger partial charge in [0.2, 0.25) is 0 Å². The number of hydrogen-bond donors (Lipinski definition) is 1. The molecule has 2 aromatic heterocycles. The number of ether oxygens (including phenoxy) is 1. The molecule has 0 radical (unpaired) electrons. The molecule has 1 atom stereocenters. The van der Waals surface area contributed by atoms with Crippen LogP contribution in [0, 0.1) is 17.0 Å². The number of phenols is 1. The van der Waals surface area contributed by atoms with Crippen LogP contribution < -0.4 is 11.2 Å². The summed E-state index contributed by atoms with van der Waals surface area (Å²) in [5.41, 5.74) is 2.35. The van der Waals surface area contributed by atoms with Gasteiger partial charge in [-0.05, 0) is 24.6 Å². The minimum Gasteiger partial charge on any atom is -0.508 e. The number of aryl methyl sites for hydroxylation is 2. The highest BCUT2D eigenvalue weighted by Gasteiger charge is 2.34. The van der Waals surface area contributed by atoms with E-state index in [0.717, 1.165) is 15.7 Å². The topological polar surface area (TPSA) is 122 Å². The van der Waals surface area contributed by atoms with Crippen molar-refractivity contribution in [2.45, 2.75) is 19.6 Å². The summed E-state index contributed by atoms with van der Waals surface area (Å²) in [6.45, 7) is 2.59. The molecule has 4 aromatic rings. The van der Waals surface area contributed by atoms with Crippen LogP contribution >= 0.6 is 0 Å². The highest BCUT2D eigenvalue weighted by Crippen LogP contribution is 2.43. The van der Waals surface area contributed by atoms with Crippen molar-refractivity contribution < 1.29 is 14.8 Å². The monoisotopic (exact) mass is 462 g/mol. The number of aromatic hydroxyl groups is 1. The quantitative estimate of drug-likeness (QED) is 0.369. The molecule has 0 saturated heterocycles. The predicted molar refractivity (Wildman–Crippen MR) is 125 cm³/mol. The molecule has 174 valence electrons. The fourth-order valence-corrected chi connectivity index (χ4v) is 4.77. The summed E-state index contributed by atoms with van der Waals surface area (Å²) in [4.78, 5) is 37.1. The van der Waals surface area contributed by atoms with Crippen molar-refractivity contribution in [2.24, 2.45) is 14.1 Å². The molecule has 10 nitrogen and oxygen atoms in total. The van der Waals surface area contributed by atoms with Crippen molar-refractivity contribution >= 4 is 16.6 Å². The van der Waals surface area contributed by atoms with Gasteiger partial charge in [-0.2, -0.15) is 0 Å². The smallest absolute Gasteiger partial charge is 0.331 e. The van der Waals surface area contributed by atoms with E-state index in [2.05, 4.69) is 0 Å². The Morgan fingerprint density at radius 3 is 2.59 bits per heavy atom. The van der Waals surface area contributed by atoms with Crippen LogP contribution in [0.1, 0.15) is 22.9 Å². The summed E-state index contributed by atoms with van der Waals surface area (Å²) in [6, 6.07) is 11.4. The molecule has 0 aliphatic carbocycles. The van der Waals surface area contributed by atoms with E-state index in [1.54, 1.807) is 7.05 Å². The van der Waals surface area contributed by atoms with E-state index in [1.165, 1.54) is 29.8 Å². The molecule has 0 saturated carbocycles. The molecule has 34 heavy (non-hydrogen) atoms. The van der Waals surface area contributed by atoms with Crippen LogP contribution in [0.5, 0.6) is 5.75 Å². The van der Waals surface area contributed by atoms with Gasteiger partial charge in [0.05, 0.1) is 33.8 Å². The van der Waals surface area contributed by atoms with Crippen molar-refractivity contribution in [2.75, 3.05) is 6.61 Å². The van der Waals surface area contributed by atoms with E-state index in [9.17, 15) is 24.8 Å². The molecular formula is C24H22N4O6. The molecule has 0 fully saturated rings. The maximum absolute atomic E-state index is 13.4. The normalized spacial score (nSPS) is 15.4. The number of nitrogens with zero attached hydrogens (tertiary/aromatic N) is 4. The Bertz CT molecular complexity index is 1610. The number of rotatable bonds is 3. The SMILES string of the molecule is Cc1cccc(-c2c3c(=O)n(C)c(=O)n(C)c3c3n2CCO[C@@H]3c2cc([N+](=O)[O-])ccc2O)c1. The highest BCUT2D eigenvalue weighted by atomic mass is 16.6. The molecule has 0 amide bonds. The fourth-order valence-electron chi connectivity index (χ4n) is 4.77. The van der Waals surface area contributed by atoms with E-state index < -0.39 is 22.3 Å². The Hall–Kier alpha value is -4.18. The van der Waals surface area contributed by atoms with Gasteiger partial charge < -0.3 is 14.4 Å². The van der Waals surface area contributed by atoms with Gasteiger partial charge in [0.25, 0.3) is 11.2 Å². The summed E-state index contributed by atoms with van der Waals surface area (Å²) in [5.74, 6) is -0.177. The molecule has 0 unspecified atom stereocenters. The molecule has 1 aliphatic heterocycles. The van der Waals surface area contributed by atoms with Crippen LogP contribution in [0.4, 0.5) is 5.69 Å². The third-order valence-corrected chi connectivity index (χ3v) is 6.35. The molecule has 5 rings (SSSR count). The van der Waals surface area contributed by atoms with E-state index in [4.69, 9.17) is 4.74 Å². The van der Waals surface area contributed by atoms with E-state index in [-0.39, 0.29) is 23.6 Å². The van der Waals surface area contributed by atoms with Crippen molar-refractivity contribution in [3.63, 3.8) is 0 Å². The van der Waals surface area contributed by atoms with Crippen LogP contribution in [0.2, 0.25) is 0 Å². The van der Waals surface area contributed by atoms with Crippen LogP contribution in [-0.2, 0) is 25.4 Å². The Balaban J connectivity index is 1.94. The van der Waals surface area contributed by atoms with Gasteiger partial charge in [0.15, 0.2) is 0 Å². The van der Waals surface area contributed by atoms with Crippen LogP contribution in [0.3, 0.4) is 0 Å². The summed E-state index contributed by atoms with van der Waals surface area (Å²) >= 11 is 0. The molecule has 0 bridgehead atoms. The van der Waals surface area contributed by atoms with Crippen molar-refractivity contribution in [1.29, 1.82) is 0 Å². The van der Waals surface area contributed by atoms with Crippen LogP contribution in [0.25, 0.3) is 22.2 Å². The molecule has 3 heterocycles. The van der Waals surface area contributed by atoms with Crippen molar-refractivity contribution in [1.82, 2.24) is 13.7 Å². The summed E-state index contributed by atoms with van der Waals surface area (Å²) in [5, 5.41) is 22.4. The van der Waals surface area contributed by atoms with E-state index in [0.29, 0.717) is 28.8 Å². The number of nitro benzene ring substituents is 1. The molecule has 1 N–H and O–H groups in total. The van der Waals surface area contributed by atoms with Gasteiger partial charge in [0.1, 0.15) is 11.9 Å². The van der Waals surface area contributed by atoms with Crippen LogP contribution in [-0.4, -0.2) is 30.3 Å². The minimum atomic E-state index is -0.924. The highest BCUT2D eigenvalue weighted by molar-refractivity contribution is 5.96. The largest absolute Gasteiger partial charge is 0.508 e. The van der Waals surface area contributed by atoms with Crippen LogP contribution in [0.15, 0.2) is 52.1 Å². The van der Waals surface area contributed by atoms with Crippen molar-refractivity contribution in [3.8, 4) is 17.0 Å². The molecular weight excluding hydrogens is 440 g/mol. The Morgan fingerprint density at radius 2 is 1.88 bits per heavy atom. The lowest BCUT2D eigenvalue weighted by Gasteiger charge is -2.28.